The van der Waals surface area contributed by atoms with Gasteiger partial charge in [-0.05, 0) is 42.5 Å². The van der Waals surface area contributed by atoms with Gasteiger partial charge in [0.15, 0.2) is 0 Å². The molecule has 0 aliphatic carbocycles. The van der Waals surface area contributed by atoms with Crippen LogP contribution in [-0.2, 0) is 6.54 Å². The van der Waals surface area contributed by atoms with E-state index in [4.69, 9.17) is 20.8 Å². The van der Waals surface area contributed by atoms with Crippen LogP contribution >= 0.6 is 27.5 Å². The van der Waals surface area contributed by atoms with Crippen LogP contribution in [0.1, 0.15) is 16.1 Å². The summed E-state index contributed by atoms with van der Waals surface area (Å²) in [4.78, 5) is 12.4. The summed E-state index contributed by atoms with van der Waals surface area (Å²) in [5, 5.41) is 3.29. The number of furan rings is 1. The normalized spacial score (nSPS) is 10.5. The molecule has 1 heterocycles. The lowest BCUT2D eigenvalue weighted by molar-refractivity contribution is 0.0945. The molecule has 0 saturated heterocycles. The van der Waals surface area contributed by atoms with Crippen LogP contribution in [0.3, 0.4) is 0 Å². The van der Waals surface area contributed by atoms with Gasteiger partial charge in [-0.1, -0.05) is 39.7 Å². The number of halogens is 2. The van der Waals surface area contributed by atoms with Gasteiger partial charge in [-0.25, -0.2) is 0 Å². The van der Waals surface area contributed by atoms with E-state index in [-0.39, 0.29) is 12.5 Å². The Morgan fingerprint density at radius 2 is 1.92 bits per heavy atom. The zero-order valence-corrected chi connectivity index (χ0v) is 15.7. The maximum absolute atomic E-state index is 12.4. The van der Waals surface area contributed by atoms with Crippen LogP contribution in [-0.4, -0.2) is 13.0 Å². The van der Waals surface area contributed by atoms with Gasteiger partial charge < -0.3 is 14.5 Å². The molecule has 0 fully saturated rings. The standard InChI is InChI=1S/C19H15BrClNO3/c1-24-18-8-6-14(21)10-16(18)19(23)22-11-15-7-9-17(25-15)12-2-4-13(20)5-3-12/h2-10H,11H2,1H3,(H,22,23). The van der Waals surface area contributed by atoms with Crippen molar-refractivity contribution in [3.63, 3.8) is 0 Å². The molecular formula is C19H15BrClNO3. The number of ether oxygens (including phenoxy) is 1. The molecular weight excluding hydrogens is 406 g/mol. The third-order valence-corrected chi connectivity index (χ3v) is 4.38. The third kappa shape index (κ3) is 4.24. The number of carbonyl (C=O) groups excluding carboxylic acids is 1. The molecule has 0 saturated carbocycles. The minimum atomic E-state index is -0.277. The second-order valence-electron chi connectivity index (χ2n) is 5.30. The number of hydrogen-bond acceptors (Lipinski definition) is 3. The maximum atomic E-state index is 12.4. The van der Waals surface area contributed by atoms with E-state index in [0.717, 1.165) is 15.8 Å². The molecule has 25 heavy (non-hydrogen) atoms. The van der Waals surface area contributed by atoms with E-state index in [0.29, 0.717) is 22.1 Å². The van der Waals surface area contributed by atoms with Crippen LogP contribution < -0.4 is 10.1 Å². The lowest BCUT2D eigenvalue weighted by Gasteiger charge is -2.09. The van der Waals surface area contributed by atoms with Gasteiger partial charge in [0.2, 0.25) is 0 Å². The van der Waals surface area contributed by atoms with E-state index in [1.54, 1.807) is 18.2 Å². The zero-order valence-electron chi connectivity index (χ0n) is 13.4. The molecule has 0 atom stereocenters. The zero-order chi connectivity index (χ0) is 17.8. The Balaban J connectivity index is 1.69. The van der Waals surface area contributed by atoms with Crippen molar-refractivity contribution in [2.75, 3.05) is 7.11 Å². The number of amides is 1. The molecule has 0 bridgehead atoms. The predicted molar refractivity (Wildman–Crippen MR) is 101 cm³/mol. The summed E-state index contributed by atoms with van der Waals surface area (Å²) >= 11 is 9.37. The SMILES string of the molecule is COc1ccc(Cl)cc1C(=O)NCc1ccc(-c2ccc(Br)cc2)o1. The highest BCUT2D eigenvalue weighted by Gasteiger charge is 2.13. The number of nitrogens with one attached hydrogen (secondary N) is 1. The van der Waals surface area contributed by atoms with Gasteiger partial charge in [-0.15, -0.1) is 0 Å². The van der Waals surface area contributed by atoms with Crippen LogP contribution in [0.2, 0.25) is 5.02 Å². The van der Waals surface area contributed by atoms with Crippen molar-refractivity contribution in [1.82, 2.24) is 5.32 Å². The Hall–Kier alpha value is -2.24. The van der Waals surface area contributed by atoms with Gasteiger partial charge in [0.1, 0.15) is 17.3 Å². The Bertz CT molecular complexity index is 890. The van der Waals surface area contributed by atoms with Gasteiger partial charge in [-0.3, -0.25) is 4.79 Å². The topological polar surface area (TPSA) is 51.5 Å². The van der Waals surface area contributed by atoms with Gasteiger partial charge in [0.05, 0.1) is 19.2 Å². The monoisotopic (exact) mass is 419 g/mol. The molecule has 0 unspecified atom stereocenters. The summed E-state index contributed by atoms with van der Waals surface area (Å²) in [7, 11) is 1.51. The fraction of sp³-hybridized carbons (Fsp3) is 0.105. The highest BCUT2D eigenvalue weighted by molar-refractivity contribution is 9.10. The molecule has 3 aromatic rings. The highest BCUT2D eigenvalue weighted by atomic mass is 79.9. The first kappa shape index (κ1) is 17.6. The number of rotatable bonds is 5. The van der Waals surface area contributed by atoms with Gasteiger partial charge in [0.25, 0.3) is 5.91 Å². The Morgan fingerprint density at radius 1 is 1.16 bits per heavy atom. The summed E-state index contributed by atoms with van der Waals surface area (Å²) in [6.45, 7) is 0.269. The van der Waals surface area contributed by atoms with E-state index in [1.165, 1.54) is 7.11 Å². The van der Waals surface area contributed by atoms with Crippen LogP contribution in [0.4, 0.5) is 0 Å². The quantitative estimate of drug-likeness (QED) is 0.609. The maximum Gasteiger partial charge on any atom is 0.255 e. The number of methoxy groups -OCH3 is 1. The molecule has 3 rings (SSSR count). The molecule has 128 valence electrons. The Labute approximate surface area is 158 Å². The average Bonchev–Trinajstić information content (AvgIpc) is 3.09. The predicted octanol–water partition coefficient (Wildman–Crippen LogP) is 5.30. The van der Waals surface area contributed by atoms with Crippen LogP contribution in [0.5, 0.6) is 5.75 Å². The Kier molecular flexibility index (Phi) is 5.46. The third-order valence-electron chi connectivity index (χ3n) is 3.62. The van der Waals surface area contributed by atoms with Gasteiger partial charge in [0, 0.05) is 15.1 Å². The average molecular weight is 421 g/mol. The summed E-state index contributed by atoms with van der Waals surface area (Å²) in [6.07, 6.45) is 0. The fourth-order valence-electron chi connectivity index (χ4n) is 2.36. The van der Waals surface area contributed by atoms with E-state index >= 15 is 0 Å². The van der Waals surface area contributed by atoms with Crippen molar-refractivity contribution in [2.45, 2.75) is 6.54 Å². The van der Waals surface area contributed by atoms with Crippen molar-refractivity contribution in [1.29, 1.82) is 0 Å². The van der Waals surface area contributed by atoms with Crippen molar-refractivity contribution in [3.8, 4) is 17.1 Å². The second-order valence-corrected chi connectivity index (χ2v) is 6.65. The lowest BCUT2D eigenvalue weighted by atomic mass is 10.2. The number of carbonyl (C=O) groups is 1. The van der Waals surface area contributed by atoms with Crippen LogP contribution in [0.25, 0.3) is 11.3 Å². The minimum Gasteiger partial charge on any atom is -0.496 e. The molecule has 0 spiro atoms. The molecule has 1 aromatic heterocycles. The minimum absolute atomic E-state index is 0.269. The van der Waals surface area contributed by atoms with Gasteiger partial charge in [-0.2, -0.15) is 0 Å². The summed E-state index contributed by atoms with van der Waals surface area (Å²) in [5.41, 5.74) is 1.35. The van der Waals surface area contributed by atoms with Gasteiger partial charge >= 0.3 is 0 Å². The molecule has 1 amide bonds. The molecule has 1 N–H and O–H groups in total. The van der Waals surface area contributed by atoms with E-state index in [2.05, 4.69) is 21.2 Å². The number of hydrogen-bond donors (Lipinski definition) is 1. The first-order valence-corrected chi connectivity index (χ1v) is 8.70. The van der Waals surface area contributed by atoms with E-state index in [1.807, 2.05) is 36.4 Å². The molecule has 0 radical (unpaired) electrons. The largest absolute Gasteiger partial charge is 0.496 e. The number of benzene rings is 2. The fourth-order valence-corrected chi connectivity index (χ4v) is 2.80. The first-order valence-electron chi connectivity index (χ1n) is 7.53. The van der Waals surface area contributed by atoms with Crippen molar-refractivity contribution in [3.05, 3.63) is 75.4 Å². The summed E-state index contributed by atoms with van der Waals surface area (Å²) in [5.74, 6) is 1.60. The van der Waals surface area contributed by atoms with Crippen molar-refractivity contribution >= 4 is 33.4 Å². The second kappa shape index (κ2) is 7.76. The van der Waals surface area contributed by atoms with Crippen molar-refractivity contribution < 1.29 is 13.9 Å². The smallest absolute Gasteiger partial charge is 0.255 e. The molecule has 4 nitrogen and oxygen atoms in total. The lowest BCUT2D eigenvalue weighted by Crippen LogP contribution is -2.23. The van der Waals surface area contributed by atoms with E-state index in [9.17, 15) is 4.79 Å². The van der Waals surface area contributed by atoms with Crippen LogP contribution in [0.15, 0.2) is 63.5 Å². The molecule has 0 aliphatic rings. The molecule has 0 aliphatic heterocycles. The summed E-state index contributed by atoms with van der Waals surface area (Å²) < 4.78 is 12.0. The van der Waals surface area contributed by atoms with Crippen LogP contribution in [0, 0.1) is 0 Å². The van der Waals surface area contributed by atoms with E-state index < -0.39 is 0 Å². The van der Waals surface area contributed by atoms with Crippen molar-refractivity contribution in [2.24, 2.45) is 0 Å². The summed E-state index contributed by atoms with van der Waals surface area (Å²) in [6, 6.07) is 16.5. The highest BCUT2D eigenvalue weighted by Crippen LogP contribution is 2.25. The molecule has 6 heteroatoms. The first-order chi connectivity index (χ1) is 12.1. The Morgan fingerprint density at radius 3 is 2.64 bits per heavy atom. The molecule has 2 aromatic carbocycles.